The molecule has 1 saturated heterocycles. The molecule has 0 aromatic carbocycles. The highest BCUT2D eigenvalue weighted by molar-refractivity contribution is 5.75. The number of nitrogens with one attached hydrogen (secondary N) is 1. The Morgan fingerprint density at radius 1 is 1.35 bits per heavy atom. The molecule has 0 bridgehead atoms. The Kier molecular flexibility index (Phi) is 5.92. The Labute approximate surface area is 105 Å². The van der Waals surface area contributed by atoms with Gasteiger partial charge in [-0.25, -0.2) is 0 Å². The average molecular weight is 242 g/mol. The molecule has 0 spiro atoms. The third kappa shape index (κ3) is 4.64. The molecule has 1 rings (SSSR count). The first-order valence-electron chi connectivity index (χ1n) is 6.59. The van der Waals surface area contributed by atoms with Crippen LogP contribution in [0.1, 0.15) is 33.6 Å². The van der Waals surface area contributed by atoms with E-state index >= 15 is 0 Å². The van der Waals surface area contributed by atoms with Gasteiger partial charge in [0.15, 0.2) is 0 Å². The van der Waals surface area contributed by atoms with Crippen LogP contribution in [0.4, 0.5) is 0 Å². The lowest BCUT2D eigenvalue weighted by atomic mass is 9.95. The SMILES string of the molecule is COC(=O)C(C)N1CCC(CNC(C)C)CC1. The van der Waals surface area contributed by atoms with Gasteiger partial charge in [0, 0.05) is 6.04 Å². The molecule has 1 aliphatic rings. The average Bonchev–Trinajstić information content (AvgIpc) is 2.35. The van der Waals surface area contributed by atoms with Crippen LogP contribution in [0.3, 0.4) is 0 Å². The van der Waals surface area contributed by atoms with E-state index in [0.717, 1.165) is 25.6 Å². The predicted molar refractivity (Wildman–Crippen MR) is 68.9 cm³/mol. The van der Waals surface area contributed by atoms with Crippen LogP contribution in [0.2, 0.25) is 0 Å². The van der Waals surface area contributed by atoms with Crippen molar-refractivity contribution in [3.05, 3.63) is 0 Å². The summed E-state index contributed by atoms with van der Waals surface area (Å²) in [4.78, 5) is 13.7. The number of esters is 1. The minimum Gasteiger partial charge on any atom is -0.468 e. The minimum absolute atomic E-state index is 0.0981. The standard InChI is InChI=1S/C13H26N2O2/c1-10(2)14-9-12-5-7-15(8-6-12)11(3)13(16)17-4/h10-12,14H,5-9H2,1-4H3. The number of carbonyl (C=O) groups excluding carboxylic acids is 1. The lowest BCUT2D eigenvalue weighted by Gasteiger charge is -2.35. The molecule has 0 amide bonds. The summed E-state index contributed by atoms with van der Waals surface area (Å²) in [6, 6.07) is 0.459. The number of hydrogen-bond donors (Lipinski definition) is 1. The zero-order chi connectivity index (χ0) is 12.8. The fraction of sp³-hybridized carbons (Fsp3) is 0.923. The monoisotopic (exact) mass is 242 g/mol. The normalized spacial score (nSPS) is 20.5. The molecule has 0 saturated carbocycles. The molecular weight excluding hydrogens is 216 g/mol. The number of likely N-dealkylation sites (tertiary alicyclic amines) is 1. The highest BCUT2D eigenvalue weighted by atomic mass is 16.5. The van der Waals surface area contributed by atoms with Gasteiger partial charge in [0.2, 0.25) is 0 Å². The van der Waals surface area contributed by atoms with Crippen LogP contribution in [-0.2, 0) is 9.53 Å². The minimum atomic E-state index is -0.122. The van der Waals surface area contributed by atoms with Gasteiger partial charge in [0.25, 0.3) is 0 Å². The molecule has 1 unspecified atom stereocenters. The number of nitrogens with zero attached hydrogens (tertiary/aromatic N) is 1. The second-order valence-electron chi connectivity index (χ2n) is 5.24. The second kappa shape index (κ2) is 6.97. The lowest BCUT2D eigenvalue weighted by molar-refractivity contribution is -0.146. The largest absolute Gasteiger partial charge is 0.468 e. The molecule has 0 aromatic rings. The van der Waals surface area contributed by atoms with E-state index in [-0.39, 0.29) is 12.0 Å². The Hall–Kier alpha value is -0.610. The highest BCUT2D eigenvalue weighted by Crippen LogP contribution is 2.18. The molecular formula is C13H26N2O2. The van der Waals surface area contributed by atoms with Crippen molar-refractivity contribution in [3.63, 3.8) is 0 Å². The van der Waals surface area contributed by atoms with Gasteiger partial charge in [-0.3, -0.25) is 9.69 Å². The van der Waals surface area contributed by atoms with Crippen molar-refractivity contribution < 1.29 is 9.53 Å². The van der Waals surface area contributed by atoms with E-state index in [1.165, 1.54) is 20.0 Å². The van der Waals surface area contributed by atoms with Crippen molar-refractivity contribution in [2.24, 2.45) is 5.92 Å². The first-order valence-corrected chi connectivity index (χ1v) is 6.59. The first kappa shape index (κ1) is 14.5. The summed E-state index contributed by atoms with van der Waals surface area (Å²) in [6.07, 6.45) is 2.34. The fourth-order valence-corrected chi connectivity index (χ4v) is 2.27. The summed E-state index contributed by atoms with van der Waals surface area (Å²) >= 11 is 0. The van der Waals surface area contributed by atoms with Crippen molar-refractivity contribution in [3.8, 4) is 0 Å². The van der Waals surface area contributed by atoms with Gasteiger partial charge in [0.05, 0.1) is 7.11 Å². The van der Waals surface area contributed by atoms with Crippen molar-refractivity contribution in [2.45, 2.75) is 45.7 Å². The van der Waals surface area contributed by atoms with E-state index < -0.39 is 0 Å². The van der Waals surface area contributed by atoms with Gasteiger partial charge in [-0.05, 0) is 45.3 Å². The molecule has 0 aromatic heterocycles. The van der Waals surface area contributed by atoms with Gasteiger partial charge in [-0.15, -0.1) is 0 Å². The molecule has 4 heteroatoms. The zero-order valence-electron chi connectivity index (χ0n) is 11.5. The Morgan fingerprint density at radius 2 is 1.94 bits per heavy atom. The topological polar surface area (TPSA) is 41.6 Å². The first-order chi connectivity index (χ1) is 8.04. The number of piperidine rings is 1. The van der Waals surface area contributed by atoms with Crippen LogP contribution < -0.4 is 5.32 Å². The Morgan fingerprint density at radius 3 is 2.41 bits per heavy atom. The molecule has 1 aliphatic heterocycles. The quantitative estimate of drug-likeness (QED) is 0.737. The summed E-state index contributed by atoms with van der Waals surface area (Å²) in [5.74, 6) is 0.627. The molecule has 100 valence electrons. The molecule has 0 radical (unpaired) electrons. The van der Waals surface area contributed by atoms with E-state index in [4.69, 9.17) is 4.74 Å². The van der Waals surface area contributed by atoms with Crippen LogP contribution in [-0.4, -0.2) is 49.7 Å². The smallest absolute Gasteiger partial charge is 0.322 e. The van der Waals surface area contributed by atoms with Crippen molar-refractivity contribution >= 4 is 5.97 Å². The Bertz CT molecular complexity index is 236. The Balaban J connectivity index is 2.28. The van der Waals surface area contributed by atoms with E-state index in [1.807, 2.05) is 6.92 Å². The van der Waals surface area contributed by atoms with Gasteiger partial charge < -0.3 is 10.1 Å². The predicted octanol–water partition coefficient (Wildman–Crippen LogP) is 1.26. The molecule has 1 fully saturated rings. The summed E-state index contributed by atoms with van der Waals surface area (Å²) in [6.45, 7) is 9.38. The van der Waals surface area contributed by atoms with E-state index in [2.05, 4.69) is 24.1 Å². The third-order valence-electron chi connectivity index (χ3n) is 3.55. The maximum Gasteiger partial charge on any atom is 0.322 e. The highest BCUT2D eigenvalue weighted by Gasteiger charge is 2.26. The number of methoxy groups -OCH3 is 1. The molecule has 1 N–H and O–H groups in total. The lowest BCUT2D eigenvalue weighted by Crippen LogP contribution is -2.46. The van der Waals surface area contributed by atoms with Crippen molar-refractivity contribution in [2.75, 3.05) is 26.7 Å². The van der Waals surface area contributed by atoms with Crippen molar-refractivity contribution in [1.82, 2.24) is 10.2 Å². The van der Waals surface area contributed by atoms with Crippen LogP contribution >= 0.6 is 0 Å². The summed E-state index contributed by atoms with van der Waals surface area (Å²) in [5, 5.41) is 3.48. The zero-order valence-corrected chi connectivity index (χ0v) is 11.5. The van der Waals surface area contributed by atoms with Crippen LogP contribution in [0.25, 0.3) is 0 Å². The van der Waals surface area contributed by atoms with Crippen molar-refractivity contribution in [1.29, 1.82) is 0 Å². The summed E-state index contributed by atoms with van der Waals surface area (Å²) in [5.41, 5.74) is 0. The van der Waals surface area contributed by atoms with E-state index in [0.29, 0.717) is 6.04 Å². The van der Waals surface area contributed by atoms with Gasteiger partial charge in [0.1, 0.15) is 6.04 Å². The van der Waals surface area contributed by atoms with Crippen LogP contribution in [0.5, 0.6) is 0 Å². The maximum absolute atomic E-state index is 11.4. The van der Waals surface area contributed by atoms with Crippen LogP contribution in [0.15, 0.2) is 0 Å². The number of rotatable bonds is 5. The summed E-state index contributed by atoms with van der Waals surface area (Å²) < 4.78 is 4.78. The fourth-order valence-electron chi connectivity index (χ4n) is 2.27. The second-order valence-corrected chi connectivity index (χ2v) is 5.24. The molecule has 1 heterocycles. The number of ether oxygens (including phenoxy) is 1. The van der Waals surface area contributed by atoms with Gasteiger partial charge in [-0.2, -0.15) is 0 Å². The van der Waals surface area contributed by atoms with Gasteiger partial charge in [-0.1, -0.05) is 13.8 Å². The van der Waals surface area contributed by atoms with E-state index in [1.54, 1.807) is 0 Å². The molecule has 0 aliphatic carbocycles. The number of hydrogen-bond acceptors (Lipinski definition) is 4. The number of carbonyl (C=O) groups is 1. The van der Waals surface area contributed by atoms with Crippen LogP contribution in [0, 0.1) is 5.92 Å². The maximum atomic E-state index is 11.4. The van der Waals surface area contributed by atoms with E-state index in [9.17, 15) is 4.79 Å². The third-order valence-corrected chi connectivity index (χ3v) is 3.55. The van der Waals surface area contributed by atoms with Gasteiger partial charge >= 0.3 is 5.97 Å². The summed E-state index contributed by atoms with van der Waals surface area (Å²) in [7, 11) is 1.46. The molecule has 17 heavy (non-hydrogen) atoms. The molecule has 1 atom stereocenters. The molecule has 4 nitrogen and oxygen atoms in total.